The van der Waals surface area contributed by atoms with Crippen molar-refractivity contribution in [2.45, 2.75) is 13.5 Å². The monoisotopic (exact) mass is 348 g/mol. The molecule has 0 aliphatic rings. The van der Waals surface area contributed by atoms with E-state index in [0.29, 0.717) is 23.7 Å². The summed E-state index contributed by atoms with van der Waals surface area (Å²) in [6.45, 7) is 2.57. The summed E-state index contributed by atoms with van der Waals surface area (Å²) >= 11 is 1.68. The average Bonchev–Trinajstić information content (AvgIpc) is 2.99. The van der Waals surface area contributed by atoms with Crippen molar-refractivity contribution in [1.29, 1.82) is 0 Å². The van der Waals surface area contributed by atoms with Crippen LogP contribution in [0.5, 0.6) is 5.75 Å². The molecule has 7 heteroatoms. The molecule has 0 aliphatic heterocycles. The van der Waals surface area contributed by atoms with Crippen molar-refractivity contribution in [2.24, 2.45) is 0 Å². The average molecular weight is 348 g/mol. The number of carbonyl (C=O) groups excluding carboxylic acids is 2. The van der Waals surface area contributed by atoms with Crippen molar-refractivity contribution in [3.05, 3.63) is 40.6 Å². The van der Waals surface area contributed by atoms with Gasteiger partial charge >= 0.3 is 0 Å². The van der Waals surface area contributed by atoms with Gasteiger partial charge in [0.05, 0.1) is 24.7 Å². The molecule has 2 aromatic rings. The molecule has 24 heavy (non-hydrogen) atoms. The van der Waals surface area contributed by atoms with Crippen LogP contribution in [0.1, 0.15) is 11.8 Å². The standard InChI is InChI=1S/C17H21N3O3S/c1-12(21)18-13-6-7-16(23-3)15(9-13)19-17(22)11-20(2)10-14-5-4-8-24-14/h4-9H,10-11H2,1-3H3,(H,18,21)(H,19,22)/p+1. The van der Waals surface area contributed by atoms with Crippen molar-refractivity contribution >= 4 is 34.5 Å². The zero-order valence-corrected chi connectivity index (χ0v) is 14.8. The third kappa shape index (κ3) is 5.36. The second-order valence-corrected chi connectivity index (χ2v) is 6.57. The van der Waals surface area contributed by atoms with E-state index in [1.807, 2.05) is 18.5 Å². The van der Waals surface area contributed by atoms with Gasteiger partial charge in [0.25, 0.3) is 5.91 Å². The van der Waals surface area contributed by atoms with Crippen LogP contribution in [0.15, 0.2) is 35.7 Å². The fraction of sp³-hybridized carbons (Fsp3) is 0.294. The van der Waals surface area contributed by atoms with Crippen molar-refractivity contribution in [3.8, 4) is 5.75 Å². The zero-order valence-electron chi connectivity index (χ0n) is 14.0. The Morgan fingerprint density at radius 2 is 2.04 bits per heavy atom. The number of ether oxygens (including phenoxy) is 1. The minimum atomic E-state index is -0.169. The van der Waals surface area contributed by atoms with Gasteiger partial charge in [-0.1, -0.05) is 6.07 Å². The van der Waals surface area contributed by atoms with Crippen LogP contribution < -0.4 is 20.3 Å². The quantitative estimate of drug-likeness (QED) is 0.708. The summed E-state index contributed by atoms with van der Waals surface area (Å²) in [6.07, 6.45) is 0. The number of amides is 2. The summed E-state index contributed by atoms with van der Waals surface area (Å²) in [6, 6.07) is 9.19. The Morgan fingerprint density at radius 1 is 1.25 bits per heavy atom. The molecule has 0 fully saturated rings. The van der Waals surface area contributed by atoms with Gasteiger partial charge in [0.1, 0.15) is 12.3 Å². The molecule has 3 N–H and O–H groups in total. The van der Waals surface area contributed by atoms with E-state index in [0.717, 1.165) is 11.4 Å². The van der Waals surface area contributed by atoms with Gasteiger partial charge in [-0.05, 0) is 29.6 Å². The molecule has 0 aliphatic carbocycles. The van der Waals surface area contributed by atoms with E-state index < -0.39 is 0 Å². The first-order chi connectivity index (χ1) is 11.5. The molecular formula is C17H22N3O3S+. The van der Waals surface area contributed by atoms with Crippen LogP contribution in [-0.4, -0.2) is 32.5 Å². The molecule has 1 aromatic carbocycles. The van der Waals surface area contributed by atoms with E-state index in [2.05, 4.69) is 16.7 Å². The van der Waals surface area contributed by atoms with Crippen molar-refractivity contribution < 1.29 is 19.2 Å². The Balaban J connectivity index is 2.00. The number of carbonyl (C=O) groups is 2. The summed E-state index contributed by atoms with van der Waals surface area (Å²) in [4.78, 5) is 25.8. The Labute approximate surface area is 145 Å². The smallest absolute Gasteiger partial charge is 0.279 e. The van der Waals surface area contributed by atoms with Crippen LogP contribution in [-0.2, 0) is 16.1 Å². The zero-order chi connectivity index (χ0) is 17.5. The lowest BCUT2D eigenvalue weighted by atomic mass is 10.2. The minimum absolute atomic E-state index is 0.109. The highest BCUT2D eigenvalue weighted by molar-refractivity contribution is 7.09. The molecule has 1 aromatic heterocycles. The van der Waals surface area contributed by atoms with E-state index >= 15 is 0 Å². The van der Waals surface area contributed by atoms with E-state index in [1.54, 1.807) is 29.5 Å². The highest BCUT2D eigenvalue weighted by Crippen LogP contribution is 2.27. The van der Waals surface area contributed by atoms with Gasteiger partial charge in [-0.25, -0.2) is 0 Å². The van der Waals surface area contributed by atoms with Crippen LogP contribution in [0.4, 0.5) is 11.4 Å². The lowest BCUT2D eigenvalue weighted by molar-refractivity contribution is -0.884. The lowest BCUT2D eigenvalue weighted by Crippen LogP contribution is -3.08. The van der Waals surface area contributed by atoms with E-state index in [1.165, 1.54) is 18.9 Å². The first-order valence-electron chi connectivity index (χ1n) is 7.57. The molecule has 0 radical (unpaired) electrons. The molecule has 6 nitrogen and oxygen atoms in total. The van der Waals surface area contributed by atoms with Crippen LogP contribution in [0.3, 0.4) is 0 Å². The normalized spacial score (nSPS) is 11.6. The third-order valence-electron chi connectivity index (χ3n) is 3.31. The predicted molar refractivity (Wildman–Crippen MR) is 95.7 cm³/mol. The number of methoxy groups -OCH3 is 1. The maximum Gasteiger partial charge on any atom is 0.279 e. The first-order valence-corrected chi connectivity index (χ1v) is 8.45. The number of benzene rings is 1. The van der Waals surface area contributed by atoms with Gasteiger partial charge in [-0.2, -0.15) is 0 Å². The maximum absolute atomic E-state index is 12.3. The number of anilines is 2. The molecule has 128 valence electrons. The molecule has 0 spiro atoms. The molecular weight excluding hydrogens is 326 g/mol. The van der Waals surface area contributed by atoms with E-state index in [4.69, 9.17) is 4.74 Å². The summed E-state index contributed by atoms with van der Waals surface area (Å²) < 4.78 is 5.26. The third-order valence-corrected chi connectivity index (χ3v) is 4.19. The fourth-order valence-corrected chi connectivity index (χ4v) is 3.15. The molecule has 0 bridgehead atoms. The van der Waals surface area contributed by atoms with Crippen molar-refractivity contribution in [3.63, 3.8) is 0 Å². The Bertz CT molecular complexity index is 701. The van der Waals surface area contributed by atoms with E-state index in [9.17, 15) is 9.59 Å². The summed E-state index contributed by atoms with van der Waals surface area (Å²) in [7, 11) is 3.52. The van der Waals surface area contributed by atoms with Crippen LogP contribution >= 0.6 is 11.3 Å². The van der Waals surface area contributed by atoms with Gasteiger partial charge in [0.15, 0.2) is 6.54 Å². The van der Waals surface area contributed by atoms with Crippen LogP contribution in [0, 0.1) is 0 Å². The number of likely N-dealkylation sites (N-methyl/N-ethyl adjacent to an activating group) is 1. The number of thiophene rings is 1. The largest absolute Gasteiger partial charge is 0.495 e. The number of hydrogen-bond acceptors (Lipinski definition) is 4. The maximum atomic E-state index is 12.3. The SMILES string of the molecule is COc1ccc(NC(C)=O)cc1NC(=O)C[NH+](C)Cc1cccs1. The minimum Gasteiger partial charge on any atom is -0.495 e. The van der Waals surface area contributed by atoms with Gasteiger partial charge < -0.3 is 20.3 Å². The van der Waals surface area contributed by atoms with Gasteiger partial charge in [0.2, 0.25) is 5.91 Å². The molecule has 1 unspecified atom stereocenters. The first kappa shape index (κ1) is 18.0. The predicted octanol–water partition coefficient (Wildman–Crippen LogP) is 1.37. The molecule has 1 heterocycles. The number of quaternary nitrogens is 1. The lowest BCUT2D eigenvalue weighted by Gasteiger charge is -2.15. The molecule has 1 atom stereocenters. The topological polar surface area (TPSA) is 71.9 Å². The molecule has 2 rings (SSSR count). The van der Waals surface area contributed by atoms with Crippen molar-refractivity contribution in [2.75, 3.05) is 31.3 Å². The van der Waals surface area contributed by atoms with E-state index in [-0.39, 0.29) is 11.8 Å². The van der Waals surface area contributed by atoms with Crippen molar-refractivity contribution in [1.82, 2.24) is 0 Å². The Kier molecular flexibility index (Phi) is 6.34. The van der Waals surface area contributed by atoms with Gasteiger partial charge in [-0.3, -0.25) is 9.59 Å². The number of rotatable bonds is 7. The second-order valence-electron chi connectivity index (χ2n) is 5.53. The second kappa shape index (κ2) is 8.47. The summed E-state index contributed by atoms with van der Waals surface area (Å²) in [5.41, 5.74) is 1.15. The van der Waals surface area contributed by atoms with Gasteiger partial charge in [-0.15, -0.1) is 11.3 Å². The summed E-state index contributed by atoms with van der Waals surface area (Å²) in [5.74, 6) is 0.272. The fourth-order valence-electron chi connectivity index (χ4n) is 2.33. The number of nitrogens with one attached hydrogen (secondary N) is 3. The molecule has 0 saturated carbocycles. The highest BCUT2D eigenvalue weighted by Gasteiger charge is 2.14. The Hall–Kier alpha value is -2.38. The molecule has 2 amide bonds. The number of hydrogen-bond donors (Lipinski definition) is 3. The summed E-state index contributed by atoms with van der Waals surface area (Å²) in [5, 5.41) is 7.57. The Morgan fingerprint density at radius 3 is 2.67 bits per heavy atom. The van der Waals surface area contributed by atoms with Gasteiger partial charge in [0, 0.05) is 12.6 Å². The van der Waals surface area contributed by atoms with Crippen LogP contribution in [0.2, 0.25) is 0 Å². The van der Waals surface area contributed by atoms with Crippen LogP contribution in [0.25, 0.3) is 0 Å². The highest BCUT2D eigenvalue weighted by atomic mass is 32.1. The molecule has 0 saturated heterocycles.